The number of benzene rings is 1. The van der Waals surface area contributed by atoms with Gasteiger partial charge in [0.1, 0.15) is 0 Å². The predicted octanol–water partition coefficient (Wildman–Crippen LogP) is 1.62. The molecule has 2 rings (SSSR count). The van der Waals surface area contributed by atoms with Crippen molar-refractivity contribution in [2.24, 2.45) is 11.7 Å². The molecule has 1 fully saturated rings. The molecule has 1 heterocycles. The van der Waals surface area contributed by atoms with Gasteiger partial charge >= 0.3 is 0 Å². The molecule has 1 aromatic carbocycles. The summed E-state index contributed by atoms with van der Waals surface area (Å²) in [7, 11) is 0. The molecule has 1 saturated heterocycles. The summed E-state index contributed by atoms with van der Waals surface area (Å²) >= 11 is 0. The zero-order valence-electron chi connectivity index (χ0n) is 12.9. The molecule has 0 aromatic heterocycles. The van der Waals surface area contributed by atoms with Gasteiger partial charge in [-0.1, -0.05) is 30.3 Å². The van der Waals surface area contributed by atoms with E-state index in [1.165, 1.54) is 12.8 Å². The Kier molecular flexibility index (Phi) is 6.64. The minimum Gasteiger partial charge on any atom is -0.389 e. The Morgan fingerprint density at radius 2 is 2.10 bits per heavy atom. The summed E-state index contributed by atoms with van der Waals surface area (Å²) in [5.74, 6) is 0.568. The van der Waals surface area contributed by atoms with Crippen LogP contribution in [0.2, 0.25) is 0 Å². The Bertz CT molecular complexity index is 399. The minimum atomic E-state index is -0.437. The Morgan fingerprint density at radius 1 is 1.33 bits per heavy atom. The van der Waals surface area contributed by atoms with E-state index in [4.69, 9.17) is 10.5 Å². The van der Waals surface area contributed by atoms with Crippen LogP contribution < -0.4 is 5.73 Å². The van der Waals surface area contributed by atoms with E-state index in [9.17, 15) is 5.11 Å². The van der Waals surface area contributed by atoms with Gasteiger partial charge in [0.2, 0.25) is 0 Å². The molecule has 4 nitrogen and oxygen atoms in total. The van der Waals surface area contributed by atoms with Crippen molar-refractivity contribution < 1.29 is 9.84 Å². The first-order valence-electron chi connectivity index (χ1n) is 7.93. The van der Waals surface area contributed by atoms with Crippen LogP contribution in [-0.2, 0) is 11.3 Å². The SMILES string of the molecule is CC1CCC(CN)CN1CC(O)COCc1ccccc1. The lowest BCUT2D eigenvalue weighted by Crippen LogP contribution is -2.47. The van der Waals surface area contributed by atoms with Crippen molar-refractivity contribution in [3.8, 4) is 0 Å². The smallest absolute Gasteiger partial charge is 0.0900 e. The van der Waals surface area contributed by atoms with Crippen molar-refractivity contribution in [3.63, 3.8) is 0 Å². The maximum Gasteiger partial charge on any atom is 0.0900 e. The zero-order valence-corrected chi connectivity index (χ0v) is 12.9. The largest absolute Gasteiger partial charge is 0.389 e. The van der Waals surface area contributed by atoms with Crippen molar-refractivity contribution in [1.82, 2.24) is 4.90 Å². The highest BCUT2D eigenvalue weighted by Gasteiger charge is 2.26. The van der Waals surface area contributed by atoms with Crippen molar-refractivity contribution >= 4 is 0 Å². The van der Waals surface area contributed by atoms with Gasteiger partial charge < -0.3 is 15.6 Å². The van der Waals surface area contributed by atoms with Crippen molar-refractivity contribution in [2.45, 2.75) is 38.5 Å². The highest BCUT2D eigenvalue weighted by molar-refractivity contribution is 5.13. The first-order chi connectivity index (χ1) is 10.2. The van der Waals surface area contributed by atoms with Gasteiger partial charge in [-0.05, 0) is 37.8 Å². The predicted molar refractivity (Wildman–Crippen MR) is 84.9 cm³/mol. The van der Waals surface area contributed by atoms with E-state index in [-0.39, 0.29) is 0 Å². The van der Waals surface area contributed by atoms with Gasteiger partial charge in [0.05, 0.1) is 19.3 Å². The topological polar surface area (TPSA) is 58.7 Å². The van der Waals surface area contributed by atoms with Gasteiger partial charge in [-0.2, -0.15) is 0 Å². The van der Waals surface area contributed by atoms with Crippen molar-refractivity contribution in [1.29, 1.82) is 0 Å². The molecular formula is C17H28N2O2. The van der Waals surface area contributed by atoms with E-state index in [0.717, 1.165) is 18.7 Å². The molecule has 0 bridgehead atoms. The Hall–Kier alpha value is -0.940. The fourth-order valence-corrected chi connectivity index (χ4v) is 2.92. The molecule has 4 heteroatoms. The number of nitrogens with zero attached hydrogens (tertiary/aromatic N) is 1. The minimum absolute atomic E-state index is 0.380. The summed E-state index contributed by atoms with van der Waals surface area (Å²) in [5, 5.41) is 10.2. The molecule has 1 aliphatic rings. The number of likely N-dealkylation sites (tertiary alicyclic amines) is 1. The summed E-state index contributed by atoms with van der Waals surface area (Å²) < 4.78 is 5.61. The summed E-state index contributed by atoms with van der Waals surface area (Å²) in [6, 6.07) is 10.6. The van der Waals surface area contributed by atoms with Gasteiger partial charge in [0.15, 0.2) is 0 Å². The maximum atomic E-state index is 10.2. The van der Waals surface area contributed by atoms with E-state index in [2.05, 4.69) is 11.8 Å². The van der Waals surface area contributed by atoms with E-state index >= 15 is 0 Å². The zero-order chi connectivity index (χ0) is 15.1. The van der Waals surface area contributed by atoms with Gasteiger partial charge in [-0.25, -0.2) is 0 Å². The van der Waals surface area contributed by atoms with Crippen LogP contribution in [0.15, 0.2) is 30.3 Å². The van der Waals surface area contributed by atoms with Crippen molar-refractivity contribution in [3.05, 3.63) is 35.9 Å². The first kappa shape index (κ1) is 16.4. The molecule has 21 heavy (non-hydrogen) atoms. The van der Waals surface area contributed by atoms with E-state index < -0.39 is 6.10 Å². The maximum absolute atomic E-state index is 10.2. The lowest BCUT2D eigenvalue weighted by molar-refractivity contribution is -0.00700. The standard InChI is InChI=1S/C17H28N2O2/c1-14-7-8-16(9-18)10-19(14)11-17(20)13-21-12-15-5-3-2-4-6-15/h2-6,14,16-17,20H,7-13,18H2,1H3. The summed E-state index contributed by atoms with van der Waals surface area (Å²) in [6.45, 7) is 5.57. The number of aliphatic hydroxyl groups excluding tert-OH is 1. The van der Waals surface area contributed by atoms with Gasteiger partial charge in [-0.3, -0.25) is 4.90 Å². The van der Waals surface area contributed by atoms with E-state index in [1.807, 2.05) is 30.3 Å². The quantitative estimate of drug-likeness (QED) is 0.802. The normalized spacial score (nSPS) is 24.9. The number of hydrogen-bond acceptors (Lipinski definition) is 4. The van der Waals surface area contributed by atoms with Crippen LogP contribution in [0.5, 0.6) is 0 Å². The van der Waals surface area contributed by atoms with E-state index in [0.29, 0.717) is 31.7 Å². The molecule has 118 valence electrons. The lowest BCUT2D eigenvalue weighted by Gasteiger charge is -2.38. The second kappa shape index (κ2) is 8.49. The van der Waals surface area contributed by atoms with Crippen LogP contribution in [0, 0.1) is 5.92 Å². The monoisotopic (exact) mass is 292 g/mol. The number of hydrogen-bond donors (Lipinski definition) is 2. The third-order valence-corrected chi connectivity index (χ3v) is 4.31. The first-order valence-corrected chi connectivity index (χ1v) is 7.93. The molecule has 1 aliphatic heterocycles. The molecule has 3 atom stereocenters. The number of rotatable bonds is 7. The van der Waals surface area contributed by atoms with Gasteiger partial charge in [0.25, 0.3) is 0 Å². The van der Waals surface area contributed by atoms with Crippen LogP contribution >= 0.6 is 0 Å². The van der Waals surface area contributed by atoms with Crippen LogP contribution in [0.1, 0.15) is 25.3 Å². The third kappa shape index (κ3) is 5.40. The Balaban J connectivity index is 1.69. The van der Waals surface area contributed by atoms with Gasteiger partial charge in [0, 0.05) is 19.1 Å². The summed E-state index contributed by atoms with van der Waals surface area (Å²) in [5.41, 5.74) is 6.91. The molecule has 0 aliphatic carbocycles. The molecule has 0 saturated carbocycles. The van der Waals surface area contributed by atoms with Crippen LogP contribution in [0.4, 0.5) is 0 Å². The number of piperidine rings is 1. The molecular weight excluding hydrogens is 264 g/mol. The average molecular weight is 292 g/mol. The fraction of sp³-hybridized carbons (Fsp3) is 0.647. The number of β-amino-alcohol motifs (C(OH)–C–C–N with tert-alkyl or cyclic N) is 1. The molecule has 3 N–H and O–H groups in total. The Morgan fingerprint density at radius 3 is 2.81 bits per heavy atom. The highest BCUT2D eigenvalue weighted by Crippen LogP contribution is 2.21. The molecule has 0 amide bonds. The fourth-order valence-electron chi connectivity index (χ4n) is 2.92. The molecule has 0 radical (unpaired) electrons. The van der Waals surface area contributed by atoms with Crippen LogP contribution in [0.3, 0.4) is 0 Å². The summed E-state index contributed by atoms with van der Waals surface area (Å²) in [6.07, 6.45) is 1.93. The average Bonchev–Trinajstić information content (AvgIpc) is 2.50. The van der Waals surface area contributed by atoms with E-state index in [1.54, 1.807) is 0 Å². The second-order valence-corrected chi connectivity index (χ2v) is 6.14. The molecule has 3 unspecified atom stereocenters. The van der Waals surface area contributed by atoms with Crippen LogP contribution in [0.25, 0.3) is 0 Å². The Labute approximate surface area is 127 Å². The highest BCUT2D eigenvalue weighted by atomic mass is 16.5. The summed E-state index contributed by atoms with van der Waals surface area (Å²) in [4.78, 5) is 2.34. The number of nitrogens with two attached hydrogens (primary N) is 1. The number of ether oxygens (including phenoxy) is 1. The van der Waals surface area contributed by atoms with Gasteiger partial charge in [-0.15, -0.1) is 0 Å². The lowest BCUT2D eigenvalue weighted by atomic mass is 9.93. The second-order valence-electron chi connectivity index (χ2n) is 6.14. The third-order valence-electron chi connectivity index (χ3n) is 4.31. The number of aliphatic hydroxyl groups is 1. The molecule has 1 aromatic rings. The van der Waals surface area contributed by atoms with Crippen LogP contribution in [-0.4, -0.2) is 48.4 Å². The molecule has 0 spiro atoms. The van der Waals surface area contributed by atoms with Crippen molar-refractivity contribution in [2.75, 3.05) is 26.2 Å².